The van der Waals surface area contributed by atoms with Gasteiger partial charge in [-0.2, -0.15) is 0 Å². The van der Waals surface area contributed by atoms with Crippen molar-refractivity contribution in [3.63, 3.8) is 0 Å². The van der Waals surface area contributed by atoms with E-state index in [1.54, 1.807) is 23.5 Å². The third-order valence-electron chi connectivity index (χ3n) is 4.28. The Morgan fingerprint density at radius 3 is 1.79 bits per heavy atom. The van der Waals surface area contributed by atoms with Gasteiger partial charge in [0, 0.05) is 9.58 Å². The molecule has 5 heteroatoms. The fourth-order valence-corrected chi connectivity index (χ4v) is 3.52. The number of esters is 2. The zero-order valence-electron chi connectivity index (χ0n) is 17.7. The van der Waals surface area contributed by atoms with Crippen LogP contribution in [0.15, 0.2) is 48.5 Å². The maximum atomic E-state index is 12.1. The molecule has 0 fully saturated rings. The van der Waals surface area contributed by atoms with Crippen LogP contribution in [0.2, 0.25) is 0 Å². The van der Waals surface area contributed by atoms with E-state index in [-0.39, 0.29) is 11.9 Å². The Hall–Kier alpha value is -2.66. The number of benzene rings is 2. The largest absolute Gasteiger partial charge is 0.426 e. The first-order valence-corrected chi connectivity index (χ1v) is 10.3. The lowest BCUT2D eigenvalue weighted by atomic mass is 9.97. The molecule has 0 aliphatic heterocycles. The van der Waals surface area contributed by atoms with E-state index in [1.807, 2.05) is 71.9 Å². The maximum absolute atomic E-state index is 12.1. The van der Waals surface area contributed by atoms with Gasteiger partial charge in [-0.25, -0.2) is 0 Å². The molecule has 0 spiro atoms. The molecule has 3 rings (SSSR count). The Morgan fingerprint density at radius 1 is 0.724 bits per heavy atom. The van der Waals surface area contributed by atoms with Gasteiger partial charge in [-0.15, -0.1) is 11.3 Å². The highest BCUT2D eigenvalue weighted by atomic mass is 32.1. The first-order valence-electron chi connectivity index (χ1n) is 9.52. The molecule has 29 heavy (non-hydrogen) atoms. The van der Waals surface area contributed by atoms with Gasteiger partial charge in [-0.05, 0) is 101 Å². The van der Waals surface area contributed by atoms with Crippen LogP contribution in [0.5, 0.6) is 11.5 Å². The van der Waals surface area contributed by atoms with Gasteiger partial charge >= 0.3 is 11.9 Å². The van der Waals surface area contributed by atoms with Gasteiger partial charge in [-0.1, -0.05) is 0 Å². The number of hydrogen-bond donors (Lipinski definition) is 0. The summed E-state index contributed by atoms with van der Waals surface area (Å²) in [5.41, 5.74) is -0.0542. The second kappa shape index (κ2) is 7.64. The summed E-state index contributed by atoms with van der Waals surface area (Å²) in [4.78, 5) is 25.2. The Bertz CT molecular complexity index is 1050. The maximum Gasteiger partial charge on any atom is 0.316 e. The molecule has 152 valence electrons. The summed E-state index contributed by atoms with van der Waals surface area (Å²) in [5.74, 6) is 0.569. The van der Waals surface area contributed by atoms with Crippen molar-refractivity contribution in [3.05, 3.63) is 48.5 Å². The Labute approximate surface area is 175 Å². The quantitative estimate of drug-likeness (QED) is 0.367. The van der Waals surface area contributed by atoms with Gasteiger partial charge in [0.05, 0.1) is 10.8 Å². The van der Waals surface area contributed by atoms with Crippen LogP contribution in [0.3, 0.4) is 0 Å². The number of thiophene rings is 1. The number of carbonyl (C=O) groups is 2. The van der Waals surface area contributed by atoms with Crippen LogP contribution in [0, 0.1) is 10.8 Å². The molecule has 0 aliphatic carbocycles. The van der Waals surface area contributed by atoms with Crippen LogP contribution in [0.25, 0.3) is 20.5 Å². The van der Waals surface area contributed by atoms with E-state index in [2.05, 4.69) is 6.07 Å². The standard InChI is InChI=1S/C24H26O4S/c1-23(2,3)21(25)27-17-10-7-15(8-11-17)19-13-16-9-12-18(14-20(16)29-19)28-22(26)24(4,5)6/h7-14H,1-6H3. The highest BCUT2D eigenvalue weighted by Crippen LogP contribution is 2.36. The van der Waals surface area contributed by atoms with Crippen LogP contribution in [0.4, 0.5) is 0 Å². The summed E-state index contributed by atoms with van der Waals surface area (Å²) in [7, 11) is 0. The van der Waals surface area contributed by atoms with Crippen molar-refractivity contribution in [2.75, 3.05) is 0 Å². The number of fused-ring (bicyclic) bond motifs is 1. The average Bonchev–Trinajstić information content (AvgIpc) is 3.04. The van der Waals surface area contributed by atoms with Crippen molar-refractivity contribution in [1.82, 2.24) is 0 Å². The molecule has 0 aliphatic rings. The zero-order valence-corrected chi connectivity index (χ0v) is 18.5. The molecular formula is C24H26O4S. The SMILES string of the molecule is CC(C)(C)C(=O)Oc1ccc(-c2cc3ccc(OC(=O)C(C)(C)C)cc3s2)cc1. The molecule has 1 aromatic heterocycles. The van der Waals surface area contributed by atoms with Gasteiger partial charge in [0.1, 0.15) is 11.5 Å². The smallest absolute Gasteiger partial charge is 0.316 e. The topological polar surface area (TPSA) is 52.6 Å². The molecule has 1 heterocycles. The molecule has 0 saturated carbocycles. The van der Waals surface area contributed by atoms with Crippen molar-refractivity contribution in [2.24, 2.45) is 10.8 Å². The van der Waals surface area contributed by atoms with Crippen LogP contribution in [-0.2, 0) is 9.59 Å². The number of carbonyl (C=O) groups excluding carboxylic acids is 2. The lowest BCUT2D eigenvalue weighted by molar-refractivity contribution is -0.143. The minimum atomic E-state index is -0.548. The minimum absolute atomic E-state index is 0.256. The van der Waals surface area contributed by atoms with Crippen LogP contribution < -0.4 is 9.47 Å². The fraction of sp³-hybridized carbons (Fsp3) is 0.333. The summed E-state index contributed by atoms with van der Waals surface area (Å²) < 4.78 is 12.0. The molecule has 0 saturated heterocycles. The number of ether oxygens (including phenoxy) is 2. The molecule has 0 N–H and O–H groups in total. The van der Waals surface area contributed by atoms with E-state index in [9.17, 15) is 9.59 Å². The molecule has 4 nitrogen and oxygen atoms in total. The van der Waals surface area contributed by atoms with Gasteiger partial charge in [0.15, 0.2) is 0 Å². The van der Waals surface area contributed by atoms with Crippen molar-refractivity contribution in [2.45, 2.75) is 41.5 Å². The molecule has 0 unspecified atom stereocenters. The Kier molecular flexibility index (Phi) is 5.54. The molecular weight excluding hydrogens is 384 g/mol. The summed E-state index contributed by atoms with van der Waals surface area (Å²) in [6, 6.07) is 15.3. The fourth-order valence-electron chi connectivity index (χ4n) is 2.42. The van der Waals surface area contributed by atoms with Gasteiger partial charge in [0.25, 0.3) is 0 Å². The van der Waals surface area contributed by atoms with E-state index in [1.165, 1.54) is 0 Å². The summed E-state index contributed by atoms with van der Waals surface area (Å²) in [6.07, 6.45) is 0. The van der Waals surface area contributed by atoms with Gasteiger partial charge < -0.3 is 9.47 Å². The average molecular weight is 411 g/mol. The van der Waals surface area contributed by atoms with E-state index in [0.717, 1.165) is 20.5 Å². The predicted molar refractivity (Wildman–Crippen MR) is 117 cm³/mol. The highest BCUT2D eigenvalue weighted by molar-refractivity contribution is 7.22. The first kappa shape index (κ1) is 21.1. The second-order valence-corrected chi connectivity index (χ2v) is 10.2. The summed E-state index contributed by atoms with van der Waals surface area (Å²) in [6.45, 7) is 11.0. The van der Waals surface area contributed by atoms with Crippen molar-refractivity contribution in [1.29, 1.82) is 0 Å². The normalized spacial score (nSPS) is 12.1. The Balaban J connectivity index is 1.80. The lowest BCUT2D eigenvalue weighted by Gasteiger charge is -2.16. The summed E-state index contributed by atoms with van der Waals surface area (Å²) >= 11 is 1.62. The van der Waals surface area contributed by atoms with Crippen LogP contribution >= 0.6 is 11.3 Å². The predicted octanol–water partition coefficient (Wildman–Crippen LogP) is 6.47. The Morgan fingerprint density at radius 2 is 1.24 bits per heavy atom. The monoisotopic (exact) mass is 410 g/mol. The van der Waals surface area contributed by atoms with Crippen molar-refractivity contribution < 1.29 is 19.1 Å². The summed E-state index contributed by atoms with van der Waals surface area (Å²) in [5, 5.41) is 1.09. The van der Waals surface area contributed by atoms with Gasteiger partial charge in [0.2, 0.25) is 0 Å². The first-order chi connectivity index (χ1) is 13.4. The minimum Gasteiger partial charge on any atom is -0.426 e. The van der Waals surface area contributed by atoms with E-state index in [4.69, 9.17) is 9.47 Å². The molecule has 3 aromatic rings. The van der Waals surface area contributed by atoms with Crippen LogP contribution in [0.1, 0.15) is 41.5 Å². The second-order valence-electron chi connectivity index (χ2n) is 9.11. The van der Waals surface area contributed by atoms with Crippen molar-refractivity contribution in [3.8, 4) is 21.9 Å². The molecule has 0 bridgehead atoms. The van der Waals surface area contributed by atoms with E-state index >= 15 is 0 Å². The number of rotatable bonds is 3. The third-order valence-corrected chi connectivity index (χ3v) is 5.42. The molecule has 0 radical (unpaired) electrons. The third kappa shape index (κ3) is 5.04. The van der Waals surface area contributed by atoms with Crippen LogP contribution in [-0.4, -0.2) is 11.9 Å². The highest BCUT2D eigenvalue weighted by Gasteiger charge is 2.24. The molecule has 2 aromatic carbocycles. The van der Waals surface area contributed by atoms with Crippen molar-refractivity contribution >= 4 is 33.4 Å². The van der Waals surface area contributed by atoms with E-state index < -0.39 is 10.8 Å². The number of hydrogen-bond acceptors (Lipinski definition) is 5. The zero-order chi connectivity index (χ0) is 21.4. The molecule has 0 amide bonds. The lowest BCUT2D eigenvalue weighted by Crippen LogP contribution is -2.25. The van der Waals surface area contributed by atoms with Gasteiger partial charge in [-0.3, -0.25) is 9.59 Å². The molecule has 0 atom stereocenters. The van der Waals surface area contributed by atoms with E-state index in [0.29, 0.717) is 11.5 Å².